The van der Waals surface area contributed by atoms with Crippen molar-refractivity contribution < 1.29 is 9.53 Å². The quantitative estimate of drug-likeness (QED) is 0.892. The maximum atomic E-state index is 12.2. The first-order valence-electron chi connectivity index (χ1n) is 6.81. The first-order valence-corrected chi connectivity index (χ1v) is 7.69. The smallest absolute Gasteiger partial charge is 0.244 e. The molecule has 0 saturated carbocycles. The highest BCUT2D eigenvalue weighted by Gasteiger charge is 2.20. The Balaban J connectivity index is 1.81. The Bertz CT molecular complexity index is 584. The average molecular weight is 304 g/mol. The van der Waals surface area contributed by atoms with E-state index in [0.717, 1.165) is 16.2 Å². The molecule has 1 heterocycles. The van der Waals surface area contributed by atoms with Crippen LogP contribution in [-0.4, -0.2) is 31.0 Å². The van der Waals surface area contributed by atoms with E-state index in [1.165, 1.54) is 11.3 Å². The molecule has 1 amide bonds. The Morgan fingerprint density at radius 1 is 1.38 bits per heavy atom. The highest BCUT2D eigenvalue weighted by atomic mass is 32.1. The molecule has 2 rings (SSSR count). The number of benzene rings is 1. The van der Waals surface area contributed by atoms with Crippen LogP contribution in [0.4, 0.5) is 0 Å². The third-order valence-corrected chi connectivity index (χ3v) is 4.13. The fourth-order valence-corrected chi connectivity index (χ4v) is 2.66. The van der Waals surface area contributed by atoms with Crippen LogP contribution >= 0.6 is 11.3 Å². The number of carbonyl (C=O) groups is 1. The van der Waals surface area contributed by atoms with Gasteiger partial charge in [0.2, 0.25) is 5.91 Å². The molecule has 0 saturated heterocycles. The number of hydrogen-bond acceptors (Lipinski definition) is 4. The third-order valence-electron chi connectivity index (χ3n) is 3.18. The van der Waals surface area contributed by atoms with E-state index < -0.39 is 6.04 Å². The van der Waals surface area contributed by atoms with Crippen molar-refractivity contribution in [2.75, 3.05) is 20.2 Å². The van der Waals surface area contributed by atoms with Gasteiger partial charge in [0.1, 0.15) is 18.4 Å². The number of amides is 1. The van der Waals surface area contributed by atoms with Crippen LogP contribution in [0, 0.1) is 6.92 Å². The van der Waals surface area contributed by atoms with E-state index in [2.05, 4.69) is 0 Å². The number of rotatable bonds is 6. The van der Waals surface area contributed by atoms with Crippen LogP contribution in [-0.2, 0) is 4.79 Å². The number of carbonyl (C=O) groups excluding carboxylic acids is 1. The van der Waals surface area contributed by atoms with Gasteiger partial charge in [0.15, 0.2) is 0 Å². The maximum absolute atomic E-state index is 12.2. The fourth-order valence-electron chi connectivity index (χ4n) is 1.94. The fraction of sp³-hybridized carbons (Fsp3) is 0.312. The standard InChI is InChI=1S/C16H20N2O2S/c1-12-5-3-6-13(11-12)20-9-8-18(2)16(19)15(17)14-7-4-10-21-14/h3-7,10-11,15H,8-9,17H2,1-2H3. The van der Waals surface area contributed by atoms with E-state index >= 15 is 0 Å². The van der Waals surface area contributed by atoms with E-state index in [9.17, 15) is 4.79 Å². The second kappa shape index (κ2) is 7.24. The summed E-state index contributed by atoms with van der Waals surface area (Å²) in [4.78, 5) is 14.7. The summed E-state index contributed by atoms with van der Waals surface area (Å²) in [5.41, 5.74) is 7.11. The summed E-state index contributed by atoms with van der Waals surface area (Å²) in [6.45, 7) is 2.97. The van der Waals surface area contributed by atoms with Crippen LogP contribution in [0.5, 0.6) is 5.75 Å². The molecule has 2 aromatic rings. The number of likely N-dealkylation sites (N-methyl/N-ethyl adjacent to an activating group) is 1. The molecule has 0 bridgehead atoms. The van der Waals surface area contributed by atoms with Gasteiger partial charge >= 0.3 is 0 Å². The van der Waals surface area contributed by atoms with Gasteiger partial charge in [-0.25, -0.2) is 0 Å². The zero-order chi connectivity index (χ0) is 15.2. The highest BCUT2D eigenvalue weighted by molar-refractivity contribution is 7.10. The summed E-state index contributed by atoms with van der Waals surface area (Å²) >= 11 is 1.50. The van der Waals surface area contributed by atoms with Gasteiger partial charge in [0.05, 0.1) is 6.54 Å². The van der Waals surface area contributed by atoms with Gasteiger partial charge in [-0.05, 0) is 36.1 Å². The Morgan fingerprint density at radius 3 is 2.86 bits per heavy atom. The Hall–Kier alpha value is -1.85. The molecule has 1 atom stereocenters. The normalized spacial score (nSPS) is 12.0. The van der Waals surface area contributed by atoms with Gasteiger partial charge in [-0.2, -0.15) is 0 Å². The SMILES string of the molecule is Cc1cccc(OCCN(C)C(=O)C(N)c2cccs2)c1. The average Bonchev–Trinajstić information content (AvgIpc) is 3.00. The lowest BCUT2D eigenvalue weighted by Crippen LogP contribution is -2.37. The monoisotopic (exact) mass is 304 g/mol. The molecular formula is C16H20N2O2S. The molecule has 0 spiro atoms. The zero-order valence-electron chi connectivity index (χ0n) is 12.3. The van der Waals surface area contributed by atoms with E-state index in [1.54, 1.807) is 11.9 Å². The summed E-state index contributed by atoms with van der Waals surface area (Å²) in [6.07, 6.45) is 0. The van der Waals surface area contributed by atoms with Crippen molar-refractivity contribution in [2.45, 2.75) is 13.0 Å². The molecule has 0 aliphatic rings. The van der Waals surface area contributed by atoms with Crippen molar-refractivity contribution in [3.63, 3.8) is 0 Å². The van der Waals surface area contributed by atoms with Crippen molar-refractivity contribution in [1.82, 2.24) is 4.90 Å². The van der Waals surface area contributed by atoms with Crippen molar-refractivity contribution in [1.29, 1.82) is 0 Å². The van der Waals surface area contributed by atoms with E-state index in [4.69, 9.17) is 10.5 Å². The van der Waals surface area contributed by atoms with Crippen LogP contribution in [0.25, 0.3) is 0 Å². The van der Waals surface area contributed by atoms with Crippen LogP contribution in [0.1, 0.15) is 16.5 Å². The van der Waals surface area contributed by atoms with E-state index in [-0.39, 0.29) is 5.91 Å². The van der Waals surface area contributed by atoms with E-state index in [0.29, 0.717) is 13.2 Å². The molecule has 21 heavy (non-hydrogen) atoms. The van der Waals surface area contributed by atoms with Gasteiger partial charge in [-0.1, -0.05) is 18.2 Å². The predicted molar refractivity (Wildman–Crippen MR) is 85.6 cm³/mol. The summed E-state index contributed by atoms with van der Waals surface area (Å²) in [5.74, 6) is 0.726. The zero-order valence-corrected chi connectivity index (χ0v) is 13.1. The van der Waals surface area contributed by atoms with Crippen molar-refractivity contribution in [3.8, 4) is 5.75 Å². The van der Waals surface area contributed by atoms with Gasteiger partial charge < -0.3 is 15.4 Å². The lowest BCUT2D eigenvalue weighted by molar-refractivity contribution is -0.131. The molecule has 1 aromatic heterocycles. The molecule has 0 aliphatic carbocycles. The molecule has 4 nitrogen and oxygen atoms in total. The number of ether oxygens (including phenoxy) is 1. The minimum atomic E-state index is -0.589. The second-order valence-corrected chi connectivity index (χ2v) is 5.90. The summed E-state index contributed by atoms with van der Waals surface area (Å²) in [6, 6.07) is 11.0. The molecular weight excluding hydrogens is 284 g/mol. The van der Waals surface area contributed by atoms with Gasteiger partial charge in [-0.15, -0.1) is 11.3 Å². The Kier molecular flexibility index (Phi) is 5.36. The number of nitrogens with two attached hydrogens (primary N) is 1. The molecule has 0 aliphatic heterocycles. The minimum Gasteiger partial charge on any atom is -0.492 e. The molecule has 1 aromatic carbocycles. The minimum absolute atomic E-state index is 0.0923. The van der Waals surface area contributed by atoms with Crippen LogP contribution in [0.2, 0.25) is 0 Å². The topological polar surface area (TPSA) is 55.6 Å². The lowest BCUT2D eigenvalue weighted by atomic mass is 10.2. The third kappa shape index (κ3) is 4.31. The Morgan fingerprint density at radius 2 is 2.19 bits per heavy atom. The van der Waals surface area contributed by atoms with Crippen molar-refractivity contribution in [3.05, 3.63) is 52.2 Å². The number of nitrogens with zero attached hydrogens (tertiary/aromatic N) is 1. The first-order chi connectivity index (χ1) is 10.1. The van der Waals surface area contributed by atoms with Gasteiger partial charge in [-0.3, -0.25) is 4.79 Å². The summed E-state index contributed by atoms with van der Waals surface area (Å²) in [5, 5.41) is 1.92. The summed E-state index contributed by atoms with van der Waals surface area (Å²) in [7, 11) is 1.75. The maximum Gasteiger partial charge on any atom is 0.244 e. The number of aryl methyl sites for hydroxylation is 1. The summed E-state index contributed by atoms with van der Waals surface area (Å²) < 4.78 is 5.65. The van der Waals surface area contributed by atoms with Crippen molar-refractivity contribution >= 4 is 17.2 Å². The largest absolute Gasteiger partial charge is 0.492 e. The van der Waals surface area contributed by atoms with Gasteiger partial charge in [0.25, 0.3) is 0 Å². The molecule has 0 fully saturated rings. The van der Waals surface area contributed by atoms with Gasteiger partial charge in [0, 0.05) is 11.9 Å². The van der Waals surface area contributed by atoms with Crippen LogP contribution in [0.3, 0.4) is 0 Å². The van der Waals surface area contributed by atoms with Crippen molar-refractivity contribution in [2.24, 2.45) is 5.73 Å². The second-order valence-electron chi connectivity index (χ2n) is 4.92. The first kappa shape index (κ1) is 15.5. The van der Waals surface area contributed by atoms with Crippen LogP contribution in [0.15, 0.2) is 41.8 Å². The Labute approximate surface area is 129 Å². The van der Waals surface area contributed by atoms with E-state index in [1.807, 2.05) is 48.7 Å². The molecule has 2 N–H and O–H groups in total. The molecule has 5 heteroatoms. The highest BCUT2D eigenvalue weighted by Crippen LogP contribution is 2.18. The van der Waals surface area contributed by atoms with Crippen LogP contribution < -0.4 is 10.5 Å². The number of thiophene rings is 1. The predicted octanol–water partition coefficient (Wildman–Crippen LogP) is 2.59. The molecule has 0 radical (unpaired) electrons. The number of hydrogen-bond donors (Lipinski definition) is 1. The lowest BCUT2D eigenvalue weighted by Gasteiger charge is -2.20. The molecule has 112 valence electrons. The molecule has 1 unspecified atom stereocenters.